The van der Waals surface area contributed by atoms with Crippen LogP contribution in [0, 0.1) is 22.0 Å². The average Bonchev–Trinajstić information content (AvgIpc) is 3.25. The van der Waals surface area contributed by atoms with Crippen molar-refractivity contribution in [3.8, 4) is 0 Å². The third-order valence-electron chi connectivity index (χ3n) is 6.79. The zero-order chi connectivity index (χ0) is 26.3. The number of rotatable bonds is 4. The van der Waals surface area contributed by atoms with Gasteiger partial charge in [-0.1, -0.05) is 66.0 Å². The molecule has 0 N–H and O–H groups in total. The molecular weight excluding hydrogens is 533 g/mol. The maximum Gasteiger partial charge on any atom is 0.288 e. The molecule has 37 heavy (non-hydrogen) atoms. The van der Waals surface area contributed by atoms with Crippen molar-refractivity contribution in [3.05, 3.63) is 114 Å². The molecule has 0 saturated heterocycles. The molecule has 0 aromatic heterocycles. The Morgan fingerprint density at radius 2 is 1.68 bits per heavy atom. The summed E-state index contributed by atoms with van der Waals surface area (Å²) in [5, 5.41) is 19.0. The standard InChI is InChI=1S/C28H22Cl3N3O3/c1-16-12-20(14-17-2-7-21(29)8-3-17)26-23(13-16)27(18-4-9-22(30)10-5-18)33(32-26)28(35)19-6-11-24(31)25(15-19)34(36)37/h2-11,14-16,23,27H,12-13H2,1H3. The zero-order valence-corrected chi connectivity index (χ0v) is 22.0. The summed E-state index contributed by atoms with van der Waals surface area (Å²) < 4.78 is 0. The first kappa shape index (κ1) is 25.5. The minimum atomic E-state index is -0.597. The monoisotopic (exact) mass is 553 g/mol. The molecule has 0 spiro atoms. The summed E-state index contributed by atoms with van der Waals surface area (Å²) >= 11 is 18.2. The number of hydrazone groups is 1. The van der Waals surface area contributed by atoms with Crippen molar-refractivity contribution in [1.82, 2.24) is 5.01 Å². The van der Waals surface area contributed by atoms with E-state index < -0.39 is 10.8 Å². The number of amides is 1. The highest BCUT2D eigenvalue weighted by molar-refractivity contribution is 6.32. The van der Waals surface area contributed by atoms with Gasteiger partial charge in [-0.2, -0.15) is 5.10 Å². The highest BCUT2D eigenvalue weighted by atomic mass is 35.5. The fraction of sp³-hybridized carbons (Fsp3) is 0.214. The second-order valence-electron chi connectivity index (χ2n) is 9.43. The minimum absolute atomic E-state index is 0.0285. The van der Waals surface area contributed by atoms with Crippen LogP contribution in [-0.4, -0.2) is 21.6 Å². The lowest BCUT2D eigenvalue weighted by atomic mass is 9.73. The van der Waals surface area contributed by atoms with Crippen LogP contribution in [-0.2, 0) is 0 Å². The van der Waals surface area contributed by atoms with Gasteiger partial charge in [0.15, 0.2) is 0 Å². The summed E-state index contributed by atoms with van der Waals surface area (Å²) in [6.07, 6.45) is 3.76. The number of nitro groups is 1. The van der Waals surface area contributed by atoms with Crippen molar-refractivity contribution in [2.75, 3.05) is 0 Å². The van der Waals surface area contributed by atoms with Gasteiger partial charge in [-0.25, -0.2) is 5.01 Å². The first-order valence-electron chi connectivity index (χ1n) is 11.8. The van der Waals surface area contributed by atoms with Crippen molar-refractivity contribution in [2.24, 2.45) is 16.9 Å². The van der Waals surface area contributed by atoms with Crippen LogP contribution in [0.1, 0.15) is 47.3 Å². The second kappa shape index (κ2) is 10.3. The van der Waals surface area contributed by atoms with Crippen molar-refractivity contribution in [1.29, 1.82) is 0 Å². The largest absolute Gasteiger partial charge is 0.288 e. The molecule has 0 bridgehead atoms. The van der Waals surface area contributed by atoms with Crippen molar-refractivity contribution in [3.63, 3.8) is 0 Å². The second-order valence-corrected chi connectivity index (χ2v) is 10.7. The maximum absolute atomic E-state index is 13.8. The van der Waals surface area contributed by atoms with Gasteiger partial charge in [0.05, 0.1) is 16.7 Å². The number of hydrogen-bond acceptors (Lipinski definition) is 4. The van der Waals surface area contributed by atoms with Gasteiger partial charge in [0.2, 0.25) is 0 Å². The molecule has 3 aromatic rings. The van der Waals surface area contributed by atoms with Crippen LogP contribution in [0.5, 0.6) is 0 Å². The topological polar surface area (TPSA) is 75.8 Å². The molecule has 1 amide bonds. The van der Waals surface area contributed by atoms with E-state index in [4.69, 9.17) is 39.9 Å². The Labute approximate surface area is 229 Å². The molecule has 1 heterocycles. The third-order valence-corrected chi connectivity index (χ3v) is 7.61. The van der Waals surface area contributed by atoms with Crippen LogP contribution in [0.2, 0.25) is 15.1 Å². The summed E-state index contributed by atoms with van der Waals surface area (Å²) in [5.41, 5.74) is 3.62. The number of nitro benzene ring substituents is 1. The third kappa shape index (κ3) is 5.14. The number of fused-ring (bicyclic) bond motifs is 1. The van der Waals surface area contributed by atoms with E-state index >= 15 is 0 Å². The lowest BCUT2D eigenvalue weighted by molar-refractivity contribution is -0.384. The highest BCUT2D eigenvalue weighted by Crippen LogP contribution is 2.47. The van der Waals surface area contributed by atoms with E-state index in [1.54, 1.807) is 12.1 Å². The summed E-state index contributed by atoms with van der Waals surface area (Å²) in [6, 6.07) is 18.7. The Bertz CT molecular complexity index is 1440. The van der Waals surface area contributed by atoms with Gasteiger partial charge < -0.3 is 0 Å². The molecule has 1 fully saturated rings. The Morgan fingerprint density at radius 3 is 2.32 bits per heavy atom. The van der Waals surface area contributed by atoms with Crippen LogP contribution in [0.15, 0.2) is 77.4 Å². The molecule has 2 aliphatic rings. The number of hydrogen-bond donors (Lipinski definition) is 0. The van der Waals surface area contributed by atoms with Crippen LogP contribution >= 0.6 is 34.8 Å². The molecule has 5 rings (SSSR count). The molecule has 3 atom stereocenters. The van der Waals surface area contributed by atoms with E-state index in [1.165, 1.54) is 23.2 Å². The molecule has 1 aliphatic heterocycles. The van der Waals surface area contributed by atoms with Gasteiger partial charge in [0.1, 0.15) is 5.02 Å². The Morgan fingerprint density at radius 1 is 1.03 bits per heavy atom. The predicted molar refractivity (Wildman–Crippen MR) is 147 cm³/mol. The molecule has 9 heteroatoms. The SMILES string of the molecule is CC1CC(=Cc2ccc(Cl)cc2)C2=NN(C(=O)c3ccc(Cl)c([N+](=O)[O-])c3)C(c3ccc(Cl)cc3)C2C1. The van der Waals surface area contributed by atoms with Gasteiger partial charge in [-0.15, -0.1) is 0 Å². The van der Waals surface area contributed by atoms with Crippen molar-refractivity contribution in [2.45, 2.75) is 25.8 Å². The predicted octanol–water partition coefficient (Wildman–Crippen LogP) is 8.24. The van der Waals surface area contributed by atoms with E-state index in [0.29, 0.717) is 16.0 Å². The number of allylic oxidation sites excluding steroid dienone is 1. The fourth-order valence-corrected chi connectivity index (χ4v) is 5.57. The van der Waals surface area contributed by atoms with Crippen LogP contribution in [0.3, 0.4) is 0 Å². The van der Waals surface area contributed by atoms with Crippen LogP contribution < -0.4 is 0 Å². The van der Waals surface area contributed by atoms with Crippen LogP contribution in [0.25, 0.3) is 6.08 Å². The molecule has 3 unspecified atom stereocenters. The summed E-state index contributed by atoms with van der Waals surface area (Å²) in [7, 11) is 0. The summed E-state index contributed by atoms with van der Waals surface area (Å²) in [6.45, 7) is 2.19. The lowest BCUT2D eigenvalue weighted by Gasteiger charge is -2.32. The highest BCUT2D eigenvalue weighted by Gasteiger charge is 2.45. The first-order chi connectivity index (χ1) is 17.7. The van der Waals surface area contributed by atoms with Gasteiger partial charge in [-0.05, 0) is 77.9 Å². The Balaban J connectivity index is 1.61. The quantitative estimate of drug-likeness (QED) is 0.241. The molecular formula is C28H22Cl3N3O3. The first-order valence-corrected chi connectivity index (χ1v) is 12.9. The summed E-state index contributed by atoms with van der Waals surface area (Å²) in [5.74, 6) is -0.112. The normalized spacial score (nSPS) is 22.1. The molecule has 1 aliphatic carbocycles. The molecule has 0 radical (unpaired) electrons. The van der Waals surface area contributed by atoms with E-state index in [1.807, 2.05) is 36.4 Å². The number of carbonyl (C=O) groups is 1. The minimum Gasteiger partial charge on any atom is -0.267 e. The summed E-state index contributed by atoms with van der Waals surface area (Å²) in [4.78, 5) is 24.7. The smallest absolute Gasteiger partial charge is 0.267 e. The maximum atomic E-state index is 13.8. The van der Waals surface area contributed by atoms with E-state index in [2.05, 4.69) is 13.0 Å². The van der Waals surface area contributed by atoms with Crippen LogP contribution in [0.4, 0.5) is 5.69 Å². The molecule has 188 valence electrons. The van der Waals surface area contributed by atoms with E-state index in [0.717, 1.165) is 35.3 Å². The fourth-order valence-electron chi connectivity index (χ4n) is 5.13. The number of carbonyl (C=O) groups excluding carboxylic acids is 1. The number of benzene rings is 3. The van der Waals surface area contributed by atoms with Crippen molar-refractivity contribution < 1.29 is 9.72 Å². The van der Waals surface area contributed by atoms with Gasteiger partial charge in [0.25, 0.3) is 11.6 Å². The van der Waals surface area contributed by atoms with Gasteiger partial charge >= 0.3 is 0 Å². The molecule has 6 nitrogen and oxygen atoms in total. The van der Waals surface area contributed by atoms with Gasteiger partial charge in [0, 0.05) is 27.6 Å². The average molecular weight is 555 g/mol. The zero-order valence-electron chi connectivity index (χ0n) is 19.8. The van der Waals surface area contributed by atoms with Crippen molar-refractivity contribution >= 4 is 58.2 Å². The van der Waals surface area contributed by atoms with Gasteiger partial charge in [-0.3, -0.25) is 14.9 Å². The Kier molecular flexibility index (Phi) is 7.08. The number of halogens is 3. The number of nitrogens with zero attached hydrogens (tertiary/aromatic N) is 3. The molecule has 3 aromatic carbocycles. The Hall–Kier alpha value is -3.19. The van der Waals surface area contributed by atoms with E-state index in [-0.39, 0.29) is 28.2 Å². The van der Waals surface area contributed by atoms with E-state index in [9.17, 15) is 14.9 Å². The molecule has 1 saturated carbocycles. The lowest BCUT2D eigenvalue weighted by Crippen LogP contribution is -2.33.